The normalized spacial score (nSPS) is 12.7. The minimum absolute atomic E-state index is 0.153. The molecular weight excluding hydrogens is 245 g/mol. The molecule has 0 aliphatic rings. The molecule has 0 heterocycles. The van der Waals surface area contributed by atoms with Gasteiger partial charge in [-0.1, -0.05) is 17.7 Å². The molecule has 0 spiro atoms. The lowest BCUT2D eigenvalue weighted by Gasteiger charge is -2.07. The van der Waals surface area contributed by atoms with Crippen LogP contribution < -0.4 is 5.32 Å². The largest absolute Gasteiger partial charge is 0.394 e. The van der Waals surface area contributed by atoms with Gasteiger partial charge in [0.15, 0.2) is 0 Å². The van der Waals surface area contributed by atoms with E-state index in [-0.39, 0.29) is 23.2 Å². The van der Waals surface area contributed by atoms with Crippen molar-refractivity contribution in [2.24, 2.45) is 0 Å². The van der Waals surface area contributed by atoms with Crippen LogP contribution in [-0.4, -0.2) is 23.7 Å². The fourth-order valence-electron chi connectivity index (χ4n) is 1.17. The molecule has 0 saturated carbocycles. The third-order valence-corrected chi connectivity index (χ3v) is 2.39. The zero-order valence-corrected chi connectivity index (χ0v) is 10.0. The summed E-state index contributed by atoms with van der Waals surface area (Å²) in [5.41, 5.74) is 0.168. The molecule has 0 bridgehead atoms. The Kier molecular flexibility index (Phi) is 5.12. The van der Waals surface area contributed by atoms with Gasteiger partial charge in [0.05, 0.1) is 11.6 Å². The van der Waals surface area contributed by atoms with Gasteiger partial charge in [-0.15, -0.1) is 0 Å². The van der Waals surface area contributed by atoms with E-state index in [0.717, 1.165) is 0 Å². The SMILES string of the molecule is C[C@H](CO)NC(=O)C=Cc1c(F)cccc1Cl. The highest BCUT2D eigenvalue weighted by Crippen LogP contribution is 2.20. The van der Waals surface area contributed by atoms with Crippen LogP contribution in [0.1, 0.15) is 12.5 Å². The minimum Gasteiger partial charge on any atom is -0.394 e. The molecule has 0 aliphatic heterocycles. The Balaban J connectivity index is 2.74. The highest BCUT2D eigenvalue weighted by Gasteiger charge is 2.05. The number of carbonyl (C=O) groups excluding carboxylic acids is 1. The topological polar surface area (TPSA) is 49.3 Å². The van der Waals surface area contributed by atoms with Gasteiger partial charge < -0.3 is 10.4 Å². The van der Waals surface area contributed by atoms with Crippen LogP contribution in [0.15, 0.2) is 24.3 Å². The van der Waals surface area contributed by atoms with E-state index in [4.69, 9.17) is 16.7 Å². The lowest BCUT2D eigenvalue weighted by molar-refractivity contribution is -0.117. The first-order chi connectivity index (χ1) is 8.04. The molecule has 0 radical (unpaired) electrons. The predicted octanol–water partition coefficient (Wildman–Crippen LogP) is 1.99. The molecule has 1 aromatic carbocycles. The molecule has 1 rings (SSSR count). The number of aliphatic hydroxyl groups excluding tert-OH is 1. The molecule has 1 amide bonds. The van der Waals surface area contributed by atoms with E-state index in [2.05, 4.69) is 5.32 Å². The second-order valence-corrected chi connectivity index (χ2v) is 3.97. The summed E-state index contributed by atoms with van der Waals surface area (Å²) in [4.78, 5) is 11.3. The van der Waals surface area contributed by atoms with Gasteiger partial charge in [-0.3, -0.25) is 4.79 Å². The second-order valence-electron chi connectivity index (χ2n) is 3.56. The molecular formula is C12H13ClFNO2. The highest BCUT2D eigenvalue weighted by molar-refractivity contribution is 6.32. The number of hydrogen-bond acceptors (Lipinski definition) is 2. The summed E-state index contributed by atoms with van der Waals surface area (Å²) in [6.45, 7) is 1.50. The zero-order valence-electron chi connectivity index (χ0n) is 9.28. The Morgan fingerprint density at radius 2 is 2.35 bits per heavy atom. The first-order valence-corrected chi connectivity index (χ1v) is 5.46. The van der Waals surface area contributed by atoms with Crippen LogP contribution in [-0.2, 0) is 4.79 Å². The molecule has 17 heavy (non-hydrogen) atoms. The van der Waals surface area contributed by atoms with Crippen molar-refractivity contribution in [2.75, 3.05) is 6.61 Å². The Hall–Kier alpha value is -1.39. The molecule has 0 unspecified atom stereocenters. The smallest absolute Gasteiger partial charge is 0.244 e. The van der Waals surface area contributed by atoms with Gasteiger partial charge in [-0.05, 0) is 25.1 Å². The number of hydrogen-bond donors (Lipinski definition) is 2. The minimum atomic E-state index is -0.489. The maximum absolute atomic E-state index is 13.3. The number of benzene rings is 1. The quantitative estimate of drug-likeness (QED) is 0.811. The van der Waals surface area contributed by atoms with Crippen molar-refractivity contribution in [1.82, 2.24) is 5.32 Å². The lowest BCUT2D eigenvalue weighted by Crippen LogP contribution is -2.33. The maximum Gasteiger partial charge on any atom is 0.244 e. The first-order valence-electron chi connectivity index (χ1n) is 5.08. The fourth-order valence-corrected chi connectivity index (χ4v) is 1.39. The number of nitrogens with one attached hydrogen (secondary N) is 1. The number of carbonyl (C=O) groups is 1. The molecule has 0 aromatic heterocycles. The van der Waals surface area contributed by atoms with Gasteiger partial charge in [-0.25, -0.2) is 4.39 Å². The van der Waals surface area contributed by atoms with E-state index in [1.54, 1.807) is 13.0 Å². The Bertz CT molecular complexity index is 414. The Morgan fingerprint density at radius 1 is 1.65 bits per heavy atom. The van der Waals surface area contributed by atoms with Crippen molar-refractivity contribution in [2.45, 2.75) is 13.0 Å². The van der Waals surface area contributed by atoms with Gasteiger partial charge in [-0.2, -0.15) is 0 Å². The first kappa shape index (κ1) is 13.7. The molecule has 0 fully saturated rings. The van der Waals surface area contributed by atoms with E-state index >= 15 is 0 Å². The van der Waals surface area contributed by atoms with Crippen molar-refractivity contribution < 1.29 is 14.3 Å². The summed E-state index contributed by atoms with van der Waals surface area (Å²) in [7, 11) is 0. The fraction of sp³-hybridized carbons (Fsp3) is 0.250. The summed E-state index contributed by atoms with van der Waals surface area (Å²) in [6.07, 6.45) is 2.48. The van der Waals surface area contributed by atoms with Crippen LogP contribution in [0.5, 0.6) is 0 Å². The summed E-state index contributed by atoms with van der Waals surface area (Å²) in [6, 6.07) is 3.95. The standard InChI is InChI=1S/C12H13ClFNO2/c1-8(7-16)15-12(17)6-5-9-10(13)3-2-4-11(9)14/h2-6,8,16H,7H2,1H3,(H,15,17)/t8-/m1/s1. The maximum atomic E-state index is 13.3. The third-order valence-electron chi connectivity index (χ3n) is 2.06. The summed E-state index contributed by atoms with van der Waals surface area (Å²) >= 11 is 5.78. The molecule has 2 N–H and O–H groups in total. The molecule has 92 valence electrons. The van der Waals surface area contributed by atoms with E-state index in [9.17, 15) is 9.18 Å². The average Bonchev–Trinajstić information content (AvgIpc) is 2.28. The van der Waals surface area contributed by atoms with Crippen LogP contribution in [0.2, 0.25) is 5.02 Å². The van der Waals surface area contributed by atoms with Gasteiger partial charge in [0.2, 0.25) is 5.91 Å². The number of rotatable bonds is 4. The summed E-state index contributed by atoms with van der Waals surface area (Å²) in [5.74, 6) is -0.900. The molecule has 1 atom stereocenters. The lowest BCUT2D eigenvalue weighted by atomic mass is 10.2. The molecule has 0 saturated heterocycles. The molecule has 1 aromatic rings. The summed E-state index contributed by atoms with van der Waals surface area (Å²) in [5, 5.41) is 11.5. The van der Waals surface area contributed by atoms with Crippen LogP contribution in [0, 0.1) is 5.82 Å². The van der Waals surface area contributed by atoms with E-state index in [1.807, 2.05) is 0 Å². The second kappa shape index (κ2) is 6.37. The van der Waals surface area contributed by atoms with Crippen molar-refractivity contribution in [3.63, 3.8) is 0 Å². The van der Waals surface area contributed by atoms with E-state index in [1.165, 1.54) is 24.3 Å². The average molecular weight is 258 g/mol. The van der Waals surface area contributed by atoms with E-state index in [0.29, 0.717) is 0 Å². The predicted molar refractivity (Wildman–Crippen MR) is 65.1 cm³/mol. The zero-order chi connectivity index (χ0) is 12.8. The van der Waals surface area contributed by atoms with Crippen LogP contribution in [0.4, 0.5) is 4.39 Å². The van der Waals surface area contributed by atoms with Crippen molar-refractivity contribution in [3.8, 4) is 0 Å². The Morgan fingerprint density at radius 3 is 2.94 bits per heavy atom. The number of aliphatic hydroxyl groups is 1. The number of halogens is 2. The van der Waals surface area contributed by atoms with Crippen molar-refractivity contribution in [1.29, 1.82) is 0 Å². The molecule has 5 heteroatoms. The number of amides is 1. The third kappa shape index (κ3) is 4.17. The summed E-state index contributed by atoms with van der Waals surface area (Å²) < 4.78 is 13.3. The van der Waals surface area contributed by atoms with E-state index < -0.39 is 11.7 Å². The van der Waals surface area contributed by atoms with Gasteiger partial charge >= 0.3 is 0 Å². The Labute approximate surface area is 104 Å². The molecule has 3 nitrogen and oxygen atoms in total. The van der Waals surface area contributed by atoms with Crippen LogP contribution >= 0.6 is 11.6 Å². The monoisotopic (exact) mass is 257 g/mol. The van der Waals surface area contributed by atoms with Crippen LogP contribution in [0.25, 0.3) is 6.08 Å². The van der Waals surface area contributed by atoms with Crippen molar-refractivity contribution in [3.05, 3.63) is 40.7 Å². The molecule has 0 aliphatic carbocycles. The van der Waals surface area contributed by atoms with Gasteiger partial charge in [0.1, 0.15) is 5.82 Å². The van der Waals surface area contributed by atoms with Crippen LogP contribution in [0.3, 0.4) is 0 Å². The highest BCUT2D eigenvalue weighted by atomic mass is 35.5. The van der Waals surface area contributed by atoms with Gasteiger partial charge in [0, 0.05) is 17.7 Å². The van der Waals surface area contributed by atoms with Gasteiger partial charge in [0.25, 0.3) is 0 Å². The van der Waals surface area contributed by atoms with Crippen molar-refractivity contribution >= 4 is 23.6 Å².